The Morgan fingerprint density at radius 1 is 1.12 bits per heavy atom. The monoisotopic (exact) mass is 447 g/mol. The van der Waals surface area contributed by atoms with E-state index in [1.165, 1.54) is 18.4 Å². The Bertz CT molecular complexity index is 782. The van der Waals surface area contributed by atoms with Gasteiger partial charge in [0, 0.05) is 13.1 Å². The van der Waals surface area contributed by atoms with Crippen LogP contribution in [0.3, 0.4) is 0 Å². The highest BCUT2D eigenvalue weighted by Gasteiger charge is 2.34. The zero-order valence-electron chi connectivity index (χ0n) is 19.8. The second-order valence-corrected chi connectivity index (χ2v) is 9.49. The lowest BCUT2D eigenvalue weighted by molar-refractivity contribution is -0.141. The van der Waals surface area contributed by atoms with Crippen LogP contribution in [-0.4, -0.2) is 59.3 Å². The van der Waals surface area contributed by atoms with E-state index in [1.54, 1.807) is 20.8 Å². The Morgan fingerprint density at radius 2 is 1.72 bits per heavy atom. The molecule has 2 unspecified atom stereocenters. The molecule has 1 aromatic carbocycles. The molecule has 178 valence electrons. The van der Waals surface area contributed by atoms with Gasteiger partial charge in [-0.2, -0.15) is 0 Å². The molecule has 3 N–H and O–H groups in total. The summed E-state index contributed by atoms with van der Waals surface area (Å²) < 4.78 is 5.20. The minimum atomic E-state index is -1.23. The Morgan fingerprint density at radius 3 is 2.25 bits per heavy atom. The molecule has 1 aliphatic carbocycles. The SMILES string of the molecule is Cc1ccc(C(C(=O)NC2CCCCC2)N(C)C(=O)C(CO)NC(=O)OC(C)(C)C)cc1. The number of aryl methyl sites for hydroxylation is 1. The van der Waals surface area contributed by atoms with E-state index in [-0.39, 0.29) is 11.9 Å². The molecule has 0 radical (unpaired) electrons. The fourth-order valence-corrected chi connectivity index (χ4v) is 3.83. The summed E-state index contributed by atoms with van der Waals surface area (Å²) in [6, 6.07) is 5.37. The quantitative estimate of drug-likeness (QED) is 0.596. The first-order valence-electron chi connectivity index (χ1n) is 11.3. The molecule has 8 heteroatoms. The first-order chi connectivity index (χ1) is 15.0. The molecule has 0 aromatic heterocycles. The number of nitrogens with zero attached hydrogens (tertiary/aromatic N) is 1. The van der Waals surface area contributed by atoms with Crippen LogP contribution in [0.4, 0.5) is 4.79 Å². The maximum atomic E-state index is 13.3. The number of hydrogen-bond acceptors (Lipinski definition) is 5. The molecule has 1 aromatic rings. The van der Waals surface area contributed by atoms with Crippen molar-refractivity contribution in [1.29, 1.82) is 0 Å². The predicted molar refractivity (Wildman–Crippen MR) is 122 cm³/mol. The summed E-state index contributed by atoms with van der Waals surface area (Å²) >= 11 is 0. The van der Waals surface area contributed by atoms with Crippen molar-refractivity contribution >= 4 is 17.9 Å². The van der Waals surface area contributed by atoms with Gasteiger partial charge in [0.2, 0.25) is 11.8 Å². The molecule has 0 spiro atoms. The van der Waals surface area contributed by atoms with Gasteiger partial charge >= 0.3 is 6.09 Å². The first-order valence-corrected chi connectivity index (χ1v) is 11.3. The molecule has 0 saturated heterocycles. The van der Waals surface area contributed by atoms with E-state index in [1.807, 2.05) is 31.2 Å². The van der Waals surface area contributed by atoms with Gasteiger partial charge < -0.3 is 25.4 Å². The van der Waals surface area contributed by atoms with Crippen molar-refractivity contribution in [1.82, 2.24) is 15.5 Å². The molecule has 1 aliphatic rings. The summed E-state index contributed by atoms with van der Waals surface area (Å²) in [5, 5.41) is 15.3. The van der Waals surface area contributed by atoms with Gasteiger partial charge in [-0.05, 0) is 46.1 Å². The number of aliphatic hydroxyl groups excluding tert-OH is 1. The number of likely N-dealkylation sites (N-methyl/N-ethyl adjacent to an activating group) is 1. The fourth-order valence-electron chi connectivity index (χ4n) is 3.83. The highest BCUT2D eigenvalue weighted by atomic mass is 16.6. The van der Waals surface area contributed by atoms with Gasteiger partial charge in [0.25, 0.3) is 0 Å². The normalized spacial score (nSPS) is 16.6. The molecule has 32 heavy (non-hydrogen) atoms. The maximum absolute atomic E-state index is 13.3. The highest BCUT2D eigenvalue weighted by molar-refractivity contribution is 5.92. The lowest BCUT2D eigenvalue weighted by Gasteiger charge is -2.33. The summed E-state index contributed by atoms with van der Waals surface area (Å²) in [7, 11) is 1.51. The van der Waals surface area contributed by atoms with E-state index in [4.69, 9.17) is 4.74 Å². The molecule has 0 bridgehead atoms. The summed E-state index contributed by atoms with van der Waals surface area (Å²) in [4.78, 5) is 39.9. The van der Waals surface area contributed by atoms with Gasteiger partial charge in [-0.1, -0.05) is 49.1 Å². The average Bonchev–Trinajstić information content (AvgIpc) is 2.72. The molecule has 3 amide bonds. The molecule has 2 atom stereocenters. The number of ether oxygens (including phenoxy) is 1. The number of hydrogen-bond donors (Lipinski definition) is 3. The van der Waals surface area contributed by atoms with Crippen LogP contribution in [0.2, 0.25) is 0 Å². The number of alkyl carbamates (subject to hydrolysis) is 1. The van der Waals surface area contributed by atoms with Crippen molar-refractivity contribution in [3.8, 4) is 0 Å². The third-order valence-corrected chi connectivity index (χ3v) is 5.50. The summed E-state index contributed by atoms with van der Waals surface area (Å²) in [5.41, 5.74) is 0.950. The largest absolute Gasteiger partial charge is 0.444 e. The zero-order chi connectivity index (χ0) is 23.9. The lowest BCUT2D eigenvalue weighted by Crippen LogP contribution is -2.53. The lowest BCUT2D eigenvalue weighted by atomic mass is 9.94. The van der Waals surface area contributed by atoms with Crippen LogP contribution in [0.15, 0.2) is 24.3 Å². The van der Waals surface area contributed by atoms with E-state index in [0.717, 1.165) is 31.2 Å². The predicted octanol–water partition coefficient (Wildman–Crippen LogP) is 2.83. The molecule has 0 aliphatic heterocycles. The number of rotatable bonds is 7. The zero-order valence-corrected chi connectivity index (χ0v) is 19.8. The Labute approximate surface area is 190 Å². The van der Waals surface area contributed by atoms with Crippen molar-refractivity contribution in [2.75, 3.05) is 13.7 Å². The number of nitrogens with one attached hydrogen (secondary N) is 2. The number of benzene rings is 1. The molecular formula is C24H37N3O5. The molecule has 1 fully saturated rings. The van der Waals surface area contributed by atoms with Crippen LogP contribution in [0, 0.1) is 6.92 Å². The second-order valence-electron chi connectivity index (χ2n) is 9.49. The standard InChI is InChI=1S/C24H37N3O5/c1-16-11-13-17(14-12-16)20(21(29)25-18-9-7-6-8-10-18)27(5)22(30)19(15-28)26-23(31)32-24(2,3)4/h11-14,18-20,28H,6-10,15H2,1-5H3,(H,25,29)(H,26,31). The third-order valence-electron chi connectivity index (χ3n) is 5.50. The van der Waals surface area contributed by atoms with Crippen molar-refractivity contribution in [2.45, 2.75) is 83.5 Å². The van der Waals surface area contributed by atoms with Gasteiger partial charge in [-0.15, -0.1) is 0 Å². The molecule has 8 nitrogen and oxygen atoms in total. The van der Waals surface area contributed by atoms with Gasteiger partial charge in [0.05, 0.1) is 6.61 Å². The van der Waals surface area contributed by atoms with Gasteiger partial charge in [-0.25, -0.2) is 4.79 Å². The number of carbonyl (C=O) groups is 3. The molecular weight excluding hydrogens is 410 g/mol. The summed E-state index contributed by atoms with van der Waals surface area (Å²) in [5.74, 6) is -0.853. The van der Waals surface area contributed by atoms with Crippen LogP contribution in [0.5, 0.6) is 0 Å². The average molecular weight is 448 g/mol. The Balaban J connectivity index is 2.22. The molecule has 0 heterocycles. The minimum absolute atomic E-state index is 0.0845. The van der Waals surface area contributed by atoms with Gasteiger partial charge in [0.1, 0.15) is 17.7 Å². The first kappa shape index (κ1) is 25.6. The van der Waals surface area contributed by atoms with Gasteiger partial charge in [0.15, 0.2) is 0 Å². The number of amides is 3. The smallest absolute Gasteiger partial charge is 0.408 e. The Hall–Kier alpha value is -2.61. The maximum Gasteiger partial charge on any atom is 0.408 e. The second kappa shape index (κ2) is 11.3. The number of aliphatic hydroxyl groups is 1. The van der Waals surface area contributed by atoms with E-state index in [2.05, 4.69) is 10.6 Å². The third kappa shape index (κ3) is 7.51. The van der Waals surface area contributed by atoms with Crippen molar-refractivity contribution in [3.63, 3.8) is 0 Å². The summed E-state index contributed by atoms with van der Waals surface area (Å²) in [6.45, 7) is 6.45. The van der Waals surface area contributed by atoms with Crippen molar-refractivity contribution < 1.29 is 24.2 Å². The van der Waals surface area contributed by atoms with E-state index < -0.39 is 36.3 Å². The van der Waals surface area contributed by atoms with Crippen LogP contribution in [-0.2, 0) is 14.3 Å². The van der Waals surface area contributed by atoms with Crippen LogP contribution in [0.1, 0.15) is 70.0 Å². The van der Waals surface area contributed by atoms with E-state index >= 15 is 0 Å². The topological polar surface area (TPSA) is 108 Å². The Kier molecular flexibility index (Phi) is 9.07. The van der Waals surface area contributed by atoms with Crippen molar-refractivity contribution in [3.05, 3.63) is 35.4 Å². The van der Waals surface area contributed by atoms with Crippen molar-refractivity contribution in [2.24, 2.45) is 0 Å². The molecule has 1 saturated carbocycles. The van der Waals surface area contributed by atoms with Crippen LogP contribution in [0.25, 0.3) is 0 Å². The van der Waals surface area contributed by atoms with E-state index in [0.29, 0.717) is 5.56 Å². The van der Waals surface area contributed by atoms with Crippen LogP contribution >= 0.6 is 0 Å². The highest BCUT2D eigenvalue weighted by Crippen LogP contribution is 2.24. The van der Waals surface area contributed by atoms with E-state index in [9.17, 15) is 19.5 Å². The fraction of sp³-hybridized carbons (Fsp3) is 0.625. The van der Waals surface area contributed by atoms with Gasteiger partial charge in [-0.3, -0.25) is 9.59 Å². The molecule has 2 rings (SSSR count). The number of carbonyl (C=O) groups excluding carboxylic acids is 3. The minimum Gasteiger partial charge on any atom is -0.444 e. The van der Waals surface area contributed by atoms with Crippen LogP contribution < -0.4 is 10.6 Å². The summed E-state index contributed by atoms with van der Waals surface area (Å²) in [6.07, 6.45) is 4.34.